The first-order valence-electron chi connectivity index (χ1n) is 5.64. The first-order chi connectivity index (χ1) is 8.65. The Labute approximate surface area is 120 Å². The predicted molar refractivity (Wildman–Crippen MR) is 74.5 cm³/mol. The summed E-state index contributed by atoms with van der Waals surface area (Å²) in [5, 5.41) is 1.45. The molecule has 2 aromatic rings. The zero-order chi connectivity index (χ0) is 12.7. The minimum absolute atomic E-state index is 0.443. The van der Waals surface area contributed by atoms with Crippen LogP contribution in [-0.2, 0) is 0 Å². The van der Waals surface area contributed by atoms with E-state index in [0.717, 1.165) is 29.9 Å². The van der Waals surface area contributed by atoms with Crippen LogP contribution in [0.3, 0.4) is 0 Å². The van der Waals surface area contributed by atoms with E-state index >= 15 is 0 Å². The Hall–Kier alpha value is -0.830. The second-order valence-electron chi connectivity index (χ2n) is 4.31. The predicted octanol–water partition coefficient (Wildman–Crippen LogP) is 4.98. The first kappa shape index (κ1) is 12.2. The summed E-state index contributed by atoms with van der Waals surface area (Å²) < 4.78 is 0. The quantitative estimate of drug-likeness (QED) is 0.731. The van der Waals surface area contributed by atoms with E-state index in [9.17, 15) is 0 Å². The van der Waals surface area contributed by atoms with Crippen molar-refractivity contribution in [1.82, 2.24) is 9.97 Å². The van der Waals surface area contributed by atoms with Gasteiger partial charge >= 0.3 is 0 Å². The van der Waals surface area contributed by atoms with Gasteiger partial charge in [-0.25, -0.2) is 9.97 Å². The summed E-state index contributed by atoms with van der Waals surface area (Å²) in [5.74, 6) is 1.24. The monoisotopic (exact) mass is 298 g/mol. The van der Waals surface area contributed by atoms with Gasteiger partial charge in [-0.3, -0.25) is 0 Å². The van der Waals surface area contributed by atoms with Crippen LogP contribution in [0.1, 0.15) is 24.6 Å². The Kier molecular flexibility index (Phi) is 3.18. The number of aromatic nitrogens is 2. The van der Waals surface area contributed by atoms with Gasteiger partial charge < -0.3 is 0 Å². The molecular weight excluding hydrogens is 291 g/mol. The number of benzene rings is 1. The van der Waals surface area contributed by atoms with E-state index in [1.807, 2.05) is 12.1 Å². The zero-order valence-corrected chi connectivity index (χ0v) is 11.6. The number of hydrogen-bond donors (Lipinski definition) is 0. The smallest absolute Gasteiger partial charge is 0.133 e. The van der Waals surface area contributed by atoms with E-state index in [1.54, 1.807) is 12.1 Å². The highest BCUT2D eigenvalue weighted by Crippen LogP contribution is 2.40. The fourth-order valence-corrected chi connectivity index (χ4v) is 2.39. The van der Waals surface area contributed by atoms with E-state index in [-0.39, 0.29) is 0 Å². The summed E-state index contributed by atoms with van der Waals surface area (Å²) in [6.07, 6.45) is 2.26. The minimum atomic E-state index is 0.443. The fraction of sp³-hybridized carbons (Fsp3) is 0.231. The Morgan fingerprint density at radius 2 is 1.83 bits per heavy atom. The topological polar surface area (TPSA) is 25.8 Å². The van der Waals surface area contributed by atoms with Crippen molar-refractivity contribution in [1.29, 1.82) is 0 Å². The molecule has 1 aromatic carbocycles. The van der Waals surface area contributed by atoms with Crippen molar-refractivity contribution < 1.29 is 0 Å². The van der Waals surface area contributed by atoms with E-state index in [0.29, 0.717) is 21.1 Å². The zero-order valence-electron chi connectivity index (χ0n) is 9.33. The van der Waals surface area contributed by atoms with Crippen molar-refractivity contribution in [2.24, 2.45) is 0 Å². The molecule has 1 aromatic heterocycles. The molecule has 5 heteroatoms. The van der Waals surface area contributed by atoms with Gasteiger partial charge in [0.15, 0.2) is 0 Å². The first-order valence-corrected chi connectivity index (χ1v) is 6.77. The molecule has 0 N–H and O–H groups in total. The molecule has 0 bridgehead atoms. The molecule has 3 rings (SSSR count). The summed E-state index contributed by atoms with van der Waals surface area (Å²) >= 11 is 18.2. The van der Waals surface area contributed by atoms with Gasteiger partial charge in [0, 0.05) is 17.5 Å². The van der Waals surface area contributed by atoms with Crippen LogP contribution in [0.25, 0.3) is 11.3 Å². The lowest BCUT2D eigenvalue weighted by Gasteiger charge is -2.07. The number of nitrogens with zero attached hydrogens (tertiary/aromatic N) is 2. The number of rotatable bonds is 2. The fourth-order valence-electron chi connectivity index (χ4n) is 1.80. The highest BCUT2D eigenvalue weighted by Gasteiger charge is 2.27. The average molecular weight is 300 g/mol. The van der Waals surface area contributed by atoms with Gasteiger partial charge in [-0.15, -0.1) is 0 Å². The largest absolute Gasteiger partial charge is 0.232 e. The lowest BCUT2D eigenvalue weighted by atomic mass is 10.1. The molecule has 1 fully saturated rings. The van der Waals surface area contributed by atoms with Gasteiger partial charge in [-0.1, -0.05) is 46.9 Å². The maximum Gasteiger partial charge on any atom is 0.133 e. The maximum absolute atomic E-state index is 6.19. The molecule has 1 saturated carbocycles. The molecule has 0 saturated heterocycles. The van der Waals surface area contributed by atoms with Crippen LogP contribution in [-0.4, -0.2) is 9.97 Å². The van der Waals surface area contributed by atoms with Crippen molar-refractivity contribution in [2.75, 3.05) is 0 Å². The summed E-state index contributed by atoms with van der Waals surface area (Å²) in [7, 11) is 0. The number of hydrogen-bond acceptors (Lipinski definition) is 2. The van der Waals surface area contributed by atoms with Crippen LogP contribution in [0.2, 0.25) is 15.2 Å². The maximum atomic E-state index is 6.19. The van der Waals surface area contributed by atoms with Gasteiger partial charge in [-0.05, 0) is 18.9 Å². The van der Waals surface area contributed by atoms with Crippen molar-refractivity contribution in [3.8, 4) is 11.3 Å². The summed E-state index contributed by atoms with van der Waals surface area (Å²) in [6, 6.07) is 7.18. The van der Waals surface area contributed by atoms with Crippen molar-refractivity contribution in [3.63, 3.8) is 0 Å². The molecular formula is C13H9Cl3N2. The van der Waals surface area contributed by atoms with Crippen LogP contribution in [0.4, 0.5) is 0 Å². The molecule has 1 aliphatic rings. The molecule has 0 radical (unpaired) electrons. The van der Waals surface area contributed by atoms with E-state index < -0.39 is 0 Å². The van der Waals surface area contributed by atoms with Crippen LogP contribution in [0, 0.1) is 0 Å². The number of halogens is 3. The summed E-state index contributed by atoms with van der Waals surface area (Å²) in [4.78, 5) is 8.78. The van der Waals surface area contributed by atoms with Gasteiger partial charge in [0.05, 0.1) is 15.7 Å². The molecule has 92 valence electrons. The second kappa shape index (κ2) is 4.69. The van der Waals surface area contributed by atoms with Crippen molar-refractivity contribution in [3.05, 3.63) is 45.3 Å². The molecule has 0 aliphatic heterocycles. The molecule has 0 atom stereocenters. The molecule has 18 heavy (non-hydrogen) atoms. The molecule has 2 nitrogen and oxygen atoms in total. The highest BCUT2D eigenvalue weighted by atomic mass is 35.5. The lowest BCUT2D eigenvalue weighted by molar-refractivity contribution is 0.931. The molecule has 0 amide bonds. The molecule has 0 unspecified atom stereocenters. The van der Waals surface area contributed by atoms with Gasteiger partial charge in [0.2, 0.25) is 0 Å². The SMILES string of the molecule is Clc1cc(-c2cccc(Cl)c2Cl)nc(C2CC2)n1. The van der Waals surface area contributed by atoms with Crippen LogP contribution in [0.15, 0.2) is 24.3 Å². The normalized spacial score (nSPS) is 14.8. The van der Waals surface area contributed by atoms with Crippen LogP contribution < -0.4 is 0 Å². The summed E-state index contributed by atoms with van der Waals surface area (Å²) in [5.41, 5.74) is 1.51. The van der Waals surface area contributed by atoms with E-state index in [2.05, 4.69) is 9.97 Å². The van der Waals surface area contributed by atoms with E-state index in [1.165, 1.54) is 0 Å². The third-order valence-corrected chi connectivity index (χ3v) is 3.89. The third-order valence-electron chi connectivity index (χ3n) is 2.88. The second-order valence-corrected chi connectivity index (χ2v) is 5.48. The van der Waals surface area contributed by atoms with Crippen molar-refractivity contribution >= 4 is 34.8 Å². The van der Waals surface area contributed by atoms with Crippen molar-refractivity contribution in [2.45, 2.75) is 18.8 Å². The van der Waals surface area contributed by atoms with Gasteiger partial charge in [-0.2, -0.15) is 0 Å². The highest BCUT2D eigenvalue weighted by molar-refractivity contribution is 6.43. The Morgan fingerprint density at radius 1 is 1.06 bits per heavy atom. The minimum Gasteiger partial charge on any atom is -0.232 e. The Morgan fingerprint density at radius 3 is 2.56 bits per heavy atom. The van der Waals surface area contributed by atoms with Crippen LogP contribution >= 0.6 is 34.8 Å². The van der Waals surface area contributed by atoms with Crippen LogP contribution in [0.5, 0.6) is 0 Å². The van der Waals surface area contributed by atoms with Gasteiger partial charge in [0.25, 0.3) is 0 Å². The Bertz CT molecular complexity index is 609. The average Bonchev–Trinajstić information content (AvgIpc) is 3.16. The molecule has 1 heterocycles. The van der Waals surface area contributed by atoms with Gasteiger partial charge in [0.1, 0.15) is 11.0 Å². The van der Waals surface area contributed by atoms with E-state index in [4.69, 9.17) is 34.8 Å². The molecule has 1 aliphatic carbocycles. The third kappa shape index (κ3) is 2.33. The standard InChI is InChI=1S/C13H9Cl3N2/c14-9-3-1-2-8(12(9)16)10-6-11(15)18-13(17-10)7-4-5-7/h1-3,6-7H,4-5H2. The molecule has 0 spiro atoms. The lowest BCUT2D eigenvalue weighted by Crippen LogP contribution is -1.96. The summed E-state index contributed by atoms with van der Waals surface area (Å²) in [6.45, 7) is 0. The Balaban J connectivity index is 2.13.